The van der Waals surface area contributed by atoms with Gasteiger partial charge in [0.1, 0.15) is 0 Å². The van der Waals surface area contributed by atoms with Crippen molar-refractivity contribution in [3.05, 3.63) is 41.2 Å². The Kier molecular flexibility index (Phi) is 4.88. The summed E-state index contributed by atoms with van der Waals surface area (Å²) >= 11 is 1.53. The molecule has 0 aromatic carbocycles. The second-order valence-electron chi connectivity index (χ2n) is 2.95. The van der Waals surface area contributed by atoms with Gasteiger partial charge in [-0.05, 0) is 13.0 Å². The molecule has 2 aromatic heterocycles. The van der Waals surface area contributed by atoms with E-state index in [0.717, 1.165) is 16.4 Å². The van der Waals surface area contributed by atoms with Gasteiger partial charge >= 0.3 is 0 Å². The number of aromatic nitrogens is 2. The molecule has 0 aliphatic rings. The molecule has 0 spiro atoms. The summed E-state index contributed by atoms with van der Waals surface area (Å²) in [6, 6.07) is 3.81. The molecule has 2 heterocycles. The van der Waals surface area contributed by atoms with Crippen molar-refractivity contribution in [2.24, 2.45) is 5.10 Å². The van der Waals surface area contributed by atoms with Gasteiger partial charge in [-0.2, -0.15) is 5.10 Å². The predicted octanol–water partition coefficient (Wildman–Crippen LogP) is 2.71. The van der Waals surface area contributed by atoms with Crippen LogP contribution in [0.3, 0.4) is 0 Å². The standard InChI is InChI=1S/C10H10N4S.ClH/c1-8-7-15-10(13-8)14-12-6-9-3-2-4-11-5-9;/h2-7H,1H3,(H,13,14);1H. The highest BCUT2D eigenvalue weighted by molar-refractivity contribution is 7.13. The molecule has 16 heavy (non-hydrogen) atoms. The monoisotopic (exact) mass is 254 g/mol. The third-order valence-corrected chi connectivity index (χ3v) is 2.54. The number of nitrogens with zero attached hydrogens (tertiary/aromatic N) is 3. The van der Waals surface area contributed by atoms with Crippen molar-refractivity contribution in [1.82, 2.24) is 9.97 Å². The molecule has 0 saturated carbocycles. The van der Waals surface area contributed by atoms with Crippen molar-refractivity contribution in [2.45, 2.75) is 6.92 Å². The zero-order valence-electron chi connectivity index (χ0n) is 8.62. The quantitative estimate of drug-likeness (QED) is 0.677. The van der Waals surface area contributed by atoms with E-state index in [2.05, 4.69) is 20.5 Å². The van der Waals surface area contributed by atoms with E-state index in [4.69, 9.17) is 0 Å². The van der Waals surface area contributed by atoms with Gasteiger partial charge < -0.3 is 0 Å². The second kappa shape index (κ2) is 6.19. The van der Waals surface area contributed by atoms with Crippen LogP contribution in [0.15, 0.2) is 35.0 Å². The van der Waals surface area contributed by atoms with Crippen LogP contribution in [-0.4, -0.2) is 16.2 Å². The van der Waals surface area contributed by atoms with Crippen LogP contribution in [0.2, 0.25) is 0 Å². The lowest BCUT2D eigenvalue weighted by Gasteiger charge is -1.92. The molecule has 84 valence electrons. The van der Waals surface area contributed by atoms with Gasteiger partial charge in [-0.3, -0.25) is 10.4 Å². The number of rotatable bonds is 3. The van der Waals surface area contributed by atoms with Crippen molar-refractivity contribution in [2.75, 3.05) is 5.43 Å². The Morgan fingerprint density at radius 3 is 3.00 bits per heavy atom. The maximum Gasteiger partial charge on any atom is 0.203 e. The van der Waals surface area contributed by atoms with Gasteiger partial charge in [-0.1, -0.05) is 6.07 Å². The Balaban J connectivity index is 0.00000128. The summed E-state index contributed by atoms with van der Waals surface area (Å²) in [4.78, 5) is 8.20. The van der Waals surface area contributed by atoms with Crippen LogP contribution in [0.1, 0.15) is 11.3 Å². The van der Waals surface area contributed by atoms with Gasteiger partial charge in [0.15, 0.2) is 0 Å². The van der Waals surface area contributed by atoms with Crippen molar-refractivity contribution >= 4 is 35.1 Å². The summed E-state index contributed by atoms with van der Waals surface area (Å²) < 4.78 is 0. The summed E-state index contributed by atoms with van der Waals surface area (Å²) in [7, 11) is 0. The first kappa shape index (κ1) is 12.6. The van der Waals surface area contributed by atoms with Crippen LogP contribution in [0.25, 0.3) is 0 Å². The summed E-state index contributed by atoms with van der Waals surface area (Å²) in [6.45, 7) is 1.95. The fourth-order valence-corrected chi connectivity index (χ4v) is 1.66. The number of hydrazone groups is 1. The molecule has 6 heteroatoms. The molecule has 4 nitrogen and oxygen atoms in total. The smallest absolute Gasteiger partial charge is 0.203 e. The Bertz CT molecular complexity index is 455. The number of hydrogen-bond acceptors (Lipinski definition) is 5. The first-order valence-corrected chi connectivity index (χ1v) is 5.34. The zero-order chi connectivity index (χ0) is 10.5. The molecule has 2 rings (SSSR count). The largest absolute Gasteiger partial charge is 0.264 e. The number of nitrogens with one attached hydrogen (secondary N) is 1. The minimum atomic E-state index is 0. The average molecular weight is 255 g/mol. The lowest BCUT2D eigenvalue weighted by Crippen LogP contribution is -1.90. The average Bonchev–Trinajstić information content (AvgIpc) is 2.66. The van der Waals surface area contributed by atoms with Crippen molar-refractivity contribution in [3.63, 3.8) is 0 Å². The molecular formula is C10H11ClN4S. The molecule has 0 unspecified atom stereocenters. The molecular weight excluding hydrogens is 244 g/mol. The van der Waals surface area contributed by atoms with Crippen LogP contribution in [0.5, 0.6) is 0 Å². The van der Waals surface area contributed by atoms with E-state index in [-0.39, 0.29) is 12.4 Å². The molecule has 2 aromatic rings. The highest BCUT2D eigenvalue weighted by Gasteiger charge is 1.94. The fourth-order valence-electron chi connectivity index (χ4n) is 1.02. The van der Waals surface area contributed by atoms with Gasteiger partial charge in [0.05, 0.1) is 11.9 Å². The van der Waals surface area contributed by atoms with Crippen LogP contribution in [-0.2, 0) is 0 Å². The van der Waals surface area contributed by atoms with Gasteiger partial charge in [0.25, 0.3) is 0 Å². The second-order valence-corrected chi connectivity index (χ2v) is 3.81. The maximum absolute atomic E-state index is 4.22. The molecule has 0 atom stereocenters. The summed E-state index contributed by atoms with van der Waals surface area (Å²) in [5.41, 5.74) is 4.82. The molecule has 0 amide bonds. The lowest BCUT2D eigenvalue weighted by atomic mass is 10.3. The van der Waals surface area contributed by atoms with Crippen molar-refractivity contribution in [3.8, 4) is 0 Å². The number of thiazole rings is 1. The third kappa shape index (κ3) is 3.60. The van der Waals surface area contributed by atoms with Crippen molar-refractivity contribution < 1.29 is 0 Å². The minimum absolute atomic E-state index is 0. The number of hydrogen-bond donors (Lipinski definition) is 1. The summed E-state index contributed by atoms with van der Waals surface area (Å²) in [5, 5.41) is 6.83. The van der Waals surface area contributed by atoms with E-state index in [1.54, 1.807) is 18.6 Å². The topological polar surface area (TPSA) is 50.2 Å². The SMILES string of the molecule is Cc1csc(NN=Cc2cccnc2)n1.Cl. The van der Waals surface area contributed by atoms with Gasteiger partial charge in [-0.15, -0.1) is 23.7 Å². The Hall–Kier alpha value is -1.46. The Morgan fingerprint density at radius 2 is 2.38 bits per heavy atom. The van der Waals surface area contributed by atoms with E-state index in [1.807, 2.05) is 24.4 Å². The Morgan fingerprint density at radius 1 is 1.50 bits per heavy atom. The number of aryl methyl sites for hydroxylation is 1. The van der Waals surface area contributed by atoms with Crippen LogP contribution in [0, 0.1) is 6.92 Å². The van der Waals surface area contributed by atoms with Gasteiger partial charge in [-0.25, -0.2) is 4.98 Å². The first-order valence-electron chi connectivity index (χ1n) is 4.46. The maximum atomic E-state index is 4.22. The highest BCUT2D eigenvalue weighted by atomic mass is 35.5. The van der Waals surface area contributed by atoms with E-state index in [0.29, 0.717) is 0 Å². The first-order chi connectivity index (χ1) is 7.34. The summed E-state index contributed by atoms with van der Waals surface area (Å²) in [5.74, 6) is 0. The molecule has 0 aliphatic heterocycles. The zero-order valence-corrected chi connectivity index (χ0v) is 10.3. The predicted molar refractivity (Wildman–Crippen MR) is 69.6 cm³/mol. The lowest BCUT2D eigenvalue weighted by molar-refractivity contribution is 1.22. The number of anilines is 1. The van der Waals surface area contributed by atoms with Crippen LogP contribution in [0.4, 0.5) is 5.13 Å². The molecule has 0 aliphatic carbocycles. The van der Waals surface area contributed by atoms with E-state index in [1.165, 1.54) is 11.3 Å². The normalized spacial score (nSPS) is 10.1. The molecule has 0 fully saturated rings. The van der Waals surface area contributed by atoms with Gasteiger partial charge in [0, 0.05) is 23.3 Å². The molecule has 0 saturated heterocycles. The highest BCUT2D eigenvalue weighted by Crippen LogP contribution is 2.13. The van der Waals surface area contributed by atoms with Crippen molar-refractivity contribution in [1.29, 1.82) is 0 Å². The van der Waals surface area contributed by atoms with E-state index >= 15 is 0 Å². The van der Waals surface area contributed by atoms with Gasteiger partial charge in [0.2, 0.25) is 5.13 Å². The third-order valence-electron chi connectivity index (χ3n) is 1.68. The molecule has 0 radical (unpaired) electrons. The number of halogens is 1. The van der Waals surface area contributed by atoms with Crippen LogP contribution >= 0.6 is 23.7 Å². The van der Waals surface area contributed by atoms with E-state index in [9.17, 15) is 0 Å². The van der Waals surface area contributed by atoms with E-state index < -0.39 is 0 Å². The minimum Gasteiger partial charge on any atom is -0.264 e. The molecule has 0 bridgehead atoms. The Labute approximate surface area is 104 Å². The van der Waals surface area contributed by atoms with Crippen LogP contribution < -0.4 is 5.43 Å². The summed E-state index contributed by atoms with van der Waals surface area (Å²) in [6.07, 6.45) is 5.19. The fraction of sp³-hybridized carbons (Fsp3) is 0.100. The molecule has 1 N–H and O–H groups in total. The number of pyridine rings is 1.